The quantitative estimate of drug-likeness (QED) is 0.769. The maximum Gasteiger partial charge on any atom is 0.255 e. The van der Waals surface area contributed by atoms with E-state index in [2.05, 4.69) is 24.1 Å². The van der Waals surface area contributed by atoms with Gasteiger partial charge in [-0.2, -0.15) is 0 Å². The minimum absolute atomic E-state index is 0.265. The van der Waals surface area contributed by atoms with Crippen LogP contribution in [0.25, 0.3) is 0 Å². The van der Waals surface area contributed by atoms with Gasteiger partial charge in [0.25, 0.3) is 5.91 Å². The minimum atomic E-state index is -0.265. The zero-order valence-corrected chi connectivity index (χ0v) is 14.6. The van der Waals surface area contributed by atoms with E-state index in [1.807, 2.05) is 12.1 Å². The summed E-state index contributed by atoms with van der Waals surface area (Å²) >= 11 is 11.8. The van der Waals surface area contributed by atoms with Gasteiger partial charge in [-0.15, -0.1) is 0 Å². The number of hydrogen-bond donors (Lipinski definition) is 2. The number of carbonyl (C=O) groups excluding carboxylic acids is 1. The molecule has 0 saturated carbocycles. The fourth-order valence-corrected chi connectivity index (χ4v) is 2.62. The molecule has 4 nitrogen and oxygen atoms in total. The average molecular weight is 352 g/mol. The van der Waals surface area contributed by atoms with Crippen molar-refractivity contribution >= 4 is 46.2 Å². The van der Waals surface area contributed by atoms with Gasteiger partial charge in [0, 0.05) is 24.3 Å². The van der Waals surface area contributed by atoms with Crippen molar-refractivity contribution in [1.82, 2.24) is 0 Å². The van der Waals surface area contributed by atoms with Gasteiger partial charge in [0.1, 0.15) is 0 Å². The molecule has 2 aromatic carbocycles. The molecule has 0 radical (unpaired) electrons. The van der Waals surface area contributed by atoms with Crippen molar-refractivity contribution in [1.29, 1.82) is 0 Å². The Morgan fingerprint density at radius 3 is 2.35 bits per heavy atom. The molecule has 0 bridgehead atoms. The van der Waals surface area contributed by atoms with Gasteiger partial charge in [-0.25, -0.2) is 0 Å². The lowest BCUT2D eigenvalue weighted by molar-refractivity contribution is 0.102. The van der Waals surface area contributed by atoms with E-state index < -0.39 is 0 Å². The Balaban J connectivity index is 2.18. The van der Waals surface area contributed by atoms with Crippen molar-refractivity contribution in [3.05, 3.63) is 52.0 Å². The Morgan fingerprint density at radius 1 is 1.09 bits per heavy atom. The van der Waals surface area contributed by atoms with Crippen molar-refractivity contribution in [3.8, 4) is 0 Å². The summed E-state index contributed by atoms with van der Waals surface area (Å²) in [6.07, 6.45) is 0. The topological polar surface area (TPSA) is 58.4 Å². The molecule has 0 heterocycles. The van der Waals surface area contributed by atoms with Crippen LogP contribution in [-0.4, -0.2) is 19.0 Å². The maximum absolute atomic E-state index is 12.3. The molecular formula is C17H19Cl2N3O. The SMILES string of the molecule is CCN(CC)c1ccc(NC(=O)c2ccc(Cl)c(Cl)c2)cc1N. The van der Waals surface area contributed by atoms with Gasteiger partial charge in [0.2, 0.25) is 0 Å². The molecule has 2 aromatic rings. The molecule has 0 aliphatic rings. The molecule has 2 rings (SSSR count). The Bertz CT molecular complexity index is 715. The predicted octanol–water partition coefficient (Wildman–Crippen LogP) is 4.67. The van der Waals surface area contributed by atoms with Crippen LogP contribution in [0, 0.1) is 0 Å². The van der Waals surface area contributed by atoms with Gasteiger partial charge in [0.05, 0.1) is 21.4 Å². The number of anilines is 3. The van der Waals surface area contributed by atoms with Crippen molar-refractivity contribution in [2.75, 3.05) is 29.0 Å². The van der Waals surface area contributed by atoms with E-state index in [9.17, 15) is 4.79 Å². The number of benzene rings is 2. The number of nitrogens with two attached hydrogens (primary N) is 1. The summed E-state index contributed by atoms with van der Waals surface area (Å²) in [4.78, 5) is 14.4. The number of amides is 1. The molecule has 0 atom stereocenters. The van der Waals surface area contributed by atoms with E-state index in [1.165, 1.54) is 6.07 Å². The first-order valence-corrected chi connectivity index (χ1v) is 8.12. The monoisotopic (exact) mass is 351 g/mol. The molecule has 6 heteroatoms. The Kier molecular flexibility index (Phi) is 5.74. The van der Waals surface area contributed by atoms with Crippen LogP contribution in [-0.2, 0) is 0 Å². The first-order valence-electron chi connectivity index (χ1n) is 7.37. The van der Waals surface area contributed by atoms with E-state index in [1.54, 1.807) is 18.2 Å². The van der Waals surface area contributed by atoms with Crippen molar-refractivity contribution in [2.24, 2.45) is 0 Å². The summed E-state index contributed by atoms with van der Waals surface area (Å²) in [5.41, 5.74) is 8.76. The minimum Gasteiger partial charge on any atom is -0.397 e. The van der Waals surface area contributed by atoms with Crippen molar-refractivity contribution in [2.45, 2.75) is 13.8 Å². The summed E-state index contributed by atoms with van der Waals surface area (Å²) in [7, 11) is 0. The zero-order valence-electron chi connectivity index (χ0n) is 13.1. The third-order valence-electron chi connectivity index (χ3n) is 3.57. The largest absolute Gasteiger partial charge is 0.397 e. The molecule has 0 aliphatic carbocycles. The highest BCUT2D eigenvalue weighted by Gasteiger charge is 2.11. The molecule has 3 N–H and O–H groups in total. The molecule has 0 aromatic heterocycles. The van der Waals surface area contributed by atoms with Crippen LogP contribution in [0.5, 0.6) is 0 Å². The molecule has 0 unspecified atom stereocenters. The molecule has 0 aliphatic heterocycles. The lowest BCUT2D eigenvalue weighted by Crippen LogP contribution is -2.23. The molecule has 122 valence electrons. The first-order chi connectivity index (χ1) is 11.0. The van der Waals surface area contributed by atoms with Crippen molar-refractivity contribution < 1.29 is 4.79 Å². The molecule has 23 heavy (non-hydrogen) atoms. The van der Waals surface area contributed by atoms with E-state index >= 15 is 0 Å². The van der Waals surface area contributed by atoms with Gasteiger partial charge in [0.15, 0.2) is 0 Å². The molecule has 0 fully saturated rings. The summed E-state index contributed by atoms with van der Waals surface area (Å²) < 4.78 is 0. The Morgan fingerprint density at radius 2 is 1.78 bits per heavy atom. The van der Waals surface area contributed by atoms with Crippen LogP contribution in [0.1, 0.15) is 24.2 Å². The van der Waals surface area contributed by atoms with E-state index in [0.717, 1.165) is 18.8 Å². The summed E-state index contributed by atoms with van der Waals surface area (Å²) in [6.45, 7) is 5.89. The number of halogens is 2. The first kappa shape index (κ1) is 17.4. The molecular weight excluding hydrogens is 333 g/mol. The number of nitrogens with zero attached hydrogens (tertiary/aromatic N) is 1. The van der Waals surface area contributed by atoms with Gasteiger partial charge < -0.3 is 16.0 Å². The smallest absolute Gasteiger partial charge is 0.255 e. The number of nitrogen functional groups attached to an aromatic ring is 1. The second-order valence-electron chi connectivity index (χ2n) is 5.03. The van der Waals surface area contributed by atoms with Crippen molar-refractivity contribution in [3.63, 3.8) is 0 Å². The Hall–Kier alpha value is -1.91. The highest BCUT2D eigenvalue weighted by molar-refractivity contribution is 6.42. The third-order valence-corrected chi connectivity index (χ3v) is 4.31. The number of carbonyl (C=O) groups is 1. The average Bonchev–Trinajstić information content (AvgIpc) is 2.53. The fourth-order valence-electron chi connectivity index (χ4n) is 2.33. The highest BCUT2D eigenvalue weighted by atomic mass is 35.5. The van der Waals surface area contributed by atoms with Crippen LogP contribution in [0.15, 0.2) is 36.4 Å². The van der Waals surface area contributed by atoms with E-state index in [-0.39, 0.29) is 5.91 Å². The normalized spacial score (nSPS) is 10.4. The molecule has 0 spiro atoms. The molecule has 0 saturated heterocycles. The van der Waals surface area contributed by atoms with Gasteiger partial charge in [-0.3, -0.25) is 4.79 Å². The number of nitrogens with one attached hydrogen (secondary N) is 1. The predicted molar refractivity (Wildman–Crippen MR) is 98.8 cm³/mol. The van der Waals surface area contributed by atoms with Gasteiger partial charge in [-0.05, 0) is 50.2 Å². The van der Waals surface area contributed by atoms with Gasteiger partial charge >= 0.3 is 0 Å². The second kappa shape index (κ2) is 7.57. The lowest BCUT2D eigenvalue weighted by Gasteiger charge is -2.23. The summed E-state index contributed by atoms with van der Waals surface area (Å²) in [6, 6.07) is 10.2. The maximum atomic E-state index is 12.3. The van der Waals surface area contributed by atoms with Crippen LogP contribution in [0.2, 0.25) is 10.0 Å². The van der Waals surface area contributed by atoms with Gasteiger partial charge in [-0.1, -0.05) is 23.2 Å². The van der Waals surface area contributed by atoms with Crippen LogP contribution >= 0.6 is 23.2 Å². The number of rotatable bonds is 5. The van der Waals surface area contributed by atoms with Crippen LogP contribution in [0.4, 0.5) is 17.1 Å². The fraction of sp³-hybridized carbons (Fsp3) is 0.235. The second-order valence-corrected chi connectivity index (χ2v) is 5.84. The van der Waals surface area contributed by atoms with Crippen LogP contribution < -0.4 is 16.0 Å². The summed E-state index contributed by atoms with van der Waals surface area (Å²) in [5.74, 6) is -0.265. The van der Waals surface area contributed by atoms with Crippen LogP contribution in [0.3, 0.4) is 0 Å². The zero-order chi connectivity index (χ0) is 17.0. The van der Waals surface area contributed by atoms with E-state index in [0.29, 0.717) is 27.0 Å². The highest BCUT2D eigenvalue weighted by Crippen LogP contribution is 2.27. The summed E-state index contributed by atoms with van der Waals surface area (Å²) in [5, 5.41) is 3.56. The lowest BCUT2D eigenvalue weighted by atomic mass is 10.2. The number of hydrogen-bond acceptors (Lipinski definition) is 3. The standard InChI is InChI=1S/C17H19Cl2N3O/c1-3-22(4-2)16-8-6-12(10-15(16)20)21-17(23)11-5-7-13(18)14(19)9-11/h5-10H,3-4,20H2,1-2H3,(H,21,23). The molecule has 1 amide bonds. The Labute approximate surface area is 146 Å². The van der Waals surface area contributed by atoms with E-state index in [4.69, 9.17) is 28.9 Å². The third kappa shape index (κ3) is 4.09.